The fraction of sp³-hybridized carbons (Fsp3) is 0.304. The van der Waals surface area contributed by atoms with Crippen molar-refractivity contribution in [3.05, 3.63) is 65.9 Å². The molecule has 4 rings (SSSR count). The van der Waals surface area contributed by atoms with Crippen LogP contribution >= 0.6 is 0 Å². The molecule has 30 heavy (non-hydrogen) atoms. The van der Waals surface area contributed by atoms with Gasteiger partial charge >= 0.3 is 5.97 Å². The predicted octanol–water partition coefficient (Wildman–Crippen LogP) is 3.31. The monoisotopic (exact) mass is 424 g/mol. The van der Waals surface area contributed by atoms with Gasteiger partial charge in [-0.15, -0.1) is 0 Å². The normalized spacial score (nSPS) is 18.0. The molecule has 0 spiro atoms. The van der Waals surface area contributed by atoms with Crippen molar-refractivity contribution in [3.63, 3.8) is 0 Å². The molecule has 0 saturated carbocycles. The molecule has 1 fully saturated rings. The molecule has 0 aliphatic carbocycles. The van der Waals surface area contributed by atoms with Crippen LogP contribution in [0.3, 0.4) is 0 Å². The van der Waals surface area contributed by atoms with Crippen molar-refractivity contribution < 1.29 is 17.9 Å². The highest BCUT2D eigenvalue weighted by Gasteiger charge is 2.32. The Bertz CT molecular complexity index is 1190. The second-order valence-corrected chi connectivity index (χ2v) is 9.88. The molecule has 1 atom stereocenters. The van der Waals surface area contributed by atoms with Crippen LogP contribution in [0.4, 0.5) is 0 Å². The molecule has 0 amide bonds. The summed E-state index contributed by atoms with van der Waals surface area (Å²) in [6.45, 7) is 0.356. The van der Waals surface area contributed by atoms with E-state index in [-0.39, 0.29) is 17.5 Å². The van der Waals surface area contributed by atoms with Gasteiger partial charge in [-0.2, -0.15) is 0 Å². The second kappa shape index (κ2) is 8.16. The molecule has 7 heteroatoms. The molecule has 6 nitrogen and oxygen atoms in total. The Morgan fingerprint density at radius 1 is 1.13 bits per heavy atom. The number of sulfone groups is 1. The average molecular weight is 425 g/mol. The summed E-state index contributed by atoms with van der Waals surface area (Å²) in [5.41, 5.74) is 3.49. The van der Waals surface area contributed by atoms with Gasteiger partial charge in [0.05, 0.1) is 35.4 Å². The lowest BCUT2D eigenvalue weighted by Gasteiger charge is -2.24. The molecule has 3 aromatic rings. The Balaban J connectivity index is 1.88. The highest BCUT2D eigenvalue weighted by atomic mass is 32.2. The smallest absolute Gasteiger partial charge is 0.340 e. The van der Waals surface area contributed by atoms with Crippen LogP contribution in [0.2, 0.25) is 0 Å². The molecule has 1 aromatic heterocycles. The SMILES string of the molecule is COC(=O)c1c(CN(C)[C@@H]2CCS(=O)(=O)C2)nc2ccccc2c1-c1ccccc1. The number of ether oxygens (including phenoxy) is 1. The zero-order chi connectivity index (χ0) is 21.3. The van der Waals surface area contributed by atoms with Crippen molar-refractivity contribution >= 4 is 26.7 Å². The van der Waals surface area contributed by atoms with E-state index in [1.54, 1.807) is 0 Å². The number of carbonyl (C=O) groups is 1. The minimum atomic E-state index is -3.00. The highest BCUT2D eigenvalue weighted by Crippen LogP contribution is 2.34. The first-order valence-electron chi connectivity index (χ1n) is 9.85. The standard InChI is InChI=1S/C23H24N2O4S/c1-25(17-12-13-30(27,28)15-17)14-20-22(23(26)29-2)21(16-8-4-3-5-9-16)18-10-6-7-11-19(18)24-20/h3-11,17H,12-15H2,1-2H3/t17-/m1/s1. The van der Waals surface area contributed by atoms with Crippen molar-refractivity contribution in [1.82, 2.24) is 9.88 Å². The number of aromatic nitrogens is 1. The fourth-order valence-corrected chi connectivity index (χ4v) is 5.90. The Morgan fingerprint density at radius 3 is 2.50 bits per heavy atom. The number of methoxy groups -OCH3 is 1. The Kier molecular flexibility index (Phi) is 5.58. The van der Waals surface area contributed by atoms with Crippen molar-refractivity contribution in [2.24, 2.45) is 0 Å². The van der Waals surface area contributed by atoms with Crippen LogP contribution in [0.15, 0.2) is 54.6 Å². The third kappa shape index (κ3) is 3.95. The molecule has 1 saturated heterocycles. The summed E-state index contributed by atoms with van der Waals surface area (Å²) < 4.78 is 29.0. The quantitative estimate of drug-likeness (QED) is 0.585. The van der Waals surface area contributed by atoms with Gasteiger partial charge < -0.3 is 4.74 Å². The molecule has 0 radical (unpaired) electrons. The lowest BCUT2D eigenvalue weighted by Crippen LogP contribution is -2.33. The number of hydrogen-bond donors (Lipinski definition) is 0. The summed E-state index contributed by atoms with van der Waals surface area (Å²) in [4.78, 5) is 19.7. The van der Waals surface area contributed by atoms with E-state index in [1.165, 1.54) is 7.11 Å². The van der Waals surface area contributed by atoms with Crippen LogP contribution in [-0.2, 0) is 21.1 Å². The van der Waals surface area contributed by atoms with E-state index in [9.17, 15) is 13.2 Å². The first kappa shape index (κ1) is 20.5. The molecule has 2 heterocycles. The third-order valence-corrected chi connectivity index (χ3v) is 7.40. The van der Waals surface area contributed by atoms with Gasteiger partial charge in [-0.05, 0) is 25.1 Å². The number of para-hydroxylation sites is 1. The molecule has 1 aliphatic heterocycles. The number of pyridine rings is 1. The van der Waals surface area contributed by atoms with E-state index in [0.29, 0.717) is 24.2 Å². The number of nitrogens with zero attached hydrogens (tertiary/aromatic N) is 2. The minimum absolute atomic E-state index is 0.0889. The Morgan fingerprint density at radius 2 is 1.83 bits per heavy atom. The fourth-order valence-electron chi connectivity index (χ4n) is 4.09. The number of benzene rings is 2. The molecule has 0 N–H and O–H groups in total. The van der Waals surface area contributed by atoms with Crippen molar-refractivity contribution in [3.8, 4) is 11.1 Å². The second-order valence-electron chi connectivity index (χ2n) is 7.66. The predicted molar refractivity (Wildman–Crippen MR) is 117 cm³/mol. The first-order valence-corrected chi connectivity index (χ1v) is 11.7. The molecule has 1 aliphatic rings. The summed E-state index contributed by atoms with van der Waals surface area (Å²) in [6, 6.07) is 17.3. The lowest BCUT2D eigenvalue weighted by molar-refractivity contribution is 0.0598. The molecule has 2 aromatic carbocycles. The molecule has 0 unspecified atom stereocenters. The minimum Gasteiger partial charge on any atom is -0.465 e. The van der Waals surface area contributed by atoms with Gasteiger partial charge in [0, 0.05) is 23.5 Å². The number of fused-ring (bicyclic) bond motifs is 1. The van der Waals surface area contributed by atoms with Gasteiger partial charge in [0.25, 0.3) is 0 Å². The van der Waals surface area contributed by atoms with Crippen LogP contribution in [0.5, 0.6) is 0 Å². The highest BCUT2D eigenvalue weighted by molar-refractivity contribution is 7.91. The van der Waals surface area contributed by atoms with Crippen LogP contribution in [-0.4, -0.2) is 56.0 Å². The van der Waals surface area contributed by atoms with Gasteiger partial charge in [0.2, 0.25) is 0 Å². The van der Waals surface area contributed by atoms with Gasteiger partial charge in [-0.3, -0.25) is 9.88 Å². The first-order chi connectivity index (χ1) is 14.4. The Labute approximate surface area is 176 Å². The van der Waals surface area contributed by atoms with Crippen LogP contribution in [0, 0.1) is 0 Å². The average Bonchev–Trinajstić information content (AvgIpc) is 3.12. The van der Waals surface area contributed by atoms with Gasteiger partial charge in [0.15, 0.2) is 9.84 Å². The van der Waals surface area contributed by atoms with Crippen molar-refractivity contribution in [1.29, 1.82) is 0 Å². The van der Waals surface area contributed by atoms with E-state index in [2.05, 4.69) is 0 Å². The number of rotatable bonds is 5. The lowest BCUT2D eigenvalue weighted by atomic mass is 9.93. The number of hydrogen-bond acceptors (Lipinski definition) is 6. The molecular formula is C23H24N2O4S. The summed E-state index contributed by atoms with van der Waals surface area (Å²) in [6.07, 6.45) is 0.589. The van der Waals surface area contributed by atoms with Gasteiger partial charge in [-0.1, -0.05) is 48.5 Å². The summed E-state index contributed by atoms with van der Waals surface area (Å²) in [5.74, 6) is -0.114. The third-order valence-electron chi connectivity index (χ3n) is 5.65. The molecular weight excluding hydrogens is 400 g/mol. The summed E-state index contributed by atoms with van der Waals surface area (Å²) in [7, 11) is 0.242. The molecule has 156 valence electrons. The number of carbonyl (C=O) groups excluding carboxylic acids is 1. The molecule has 0 bridgehead atoms. The summed E-state index contributed by atoms with van der Waals surface area (Å²) in [5, 5.41) is 0.874. The van der Waals surface area contributed by atoms with E-state index in [0.717, 1.165) is 22.0 Å². The van der Waals surface area contributed by atoms with E-state index in [1.807, 2.05) is 66.5 Å². The maximum Gasteiger partial charge on any atom is 0.340 e. The van der Waals surface area contributed by atoms with Crippen LogP contribution < -0.4 is 0 Å². The van der Waals surface area contributed by atoms with Crippen LogP contribution in [0.1, 0.15) is 22.5 Å². The Hall–Kier alpha value is -2.77. The largest absolute Gasteiger partial charge is 0.465 e. The van der Waals surface area contributed by atoms with Crippen LogP contribution in [0.25, 0.3) is 22.0 Å². The maximum atomic E-state index is 12.9. The topological polar surface area (TPSA) is 76.6 Å². The zero-order valence-electron chi connectivity index (χ0n) is 17.0. The van der Waals surface area contributed by atoms with Crippen molar-refractivity contribution in [2.75, 3.05) is 25.7 Å². The zero-order valence-corrected chi connectivity index (χ0v) is 17.9. The van der Waals surface area contributed by atoms with Gasteiger partial charge in [0.1, 0.15) is 0 Å². The van der Waals surface area contributed by atoms with E-state index in [4.69, 9.17) is 9.72 Å². The summed E-state index contributed by atoms with van der Waals surface area (Å²) >= 11 is 0. The maximum absolute atomic E-state index is 12.9. The van der Waals surface area contributed by atoms with Gasteiger partial charge in [-0.25, -0.2) is 13.2 Å². The van der Waals surface area contributed by atoms with Crippen molar-refractivity contribution in [2.45, 2.75) is 19.0 Å². The van der Waals surface area contributed by atoms with E-state index >= 15 is 0 Å². The van der Waals surface area contributed by atoms with E-state index < -0.39 is 15.8 Å². The number of esters is 1.